The molecular formula is C14H16ClF3S. The molecule has 2 rings (SSSR count). The predicted octanol–water partition coefficient (Wildman–Crippen LogP) is 2.72. The Morgan fingerprint density at radius 3 is 2.42 bits per heavy atom. The van der Waals surface area contributed by atoms with Gasteiger partial charge in [0, 0.05) is 17.9 Å². The average molecular weight is 309 g/mol. The van der Waals surface area contributed by atoms with Crippen molar-refractivity contribution in [3.05, 3.63) is 34.7 Å². The van der Waals surface area contributed by atoms with Crippen LogP contribution in [0.2, 0.25) is 0 Å². The lowest BCUT2D eigenvalue weighted by Gasteiger charge is -1.99. The summed E-state index contributed by atoms with van der Waals surface area (Å²) in [7, 11) is -1.71. The van der Waals surface area contributed by atoms with E-state index in [9.17, 15) is 13.2 Å². The van der Waals surface area contributed by atoms with Gasteiger partial charge < -0.3 is 12.4 Å². The molecule has 1 heterocycles. The summed E-state index contributed by atoms with van der Waals surface area (Å²) in [5.41, 5.74) is -3.15. The monoisotopic (exact) mass is 308 g/mol. The molecule has 0 aliphatic rings. The van der Waals surface area contributed by atoms with E-state index in [2.05, 4.69) is 0 Å². The van der Waals surface area contributed by atoms with Gasteiger partial charge in [0.1, 0.15) is 0 Å². The maximum atomic E-state index is 13.2. The molecule has 106 valence electrons. The quantitative estimate of drug-likeness (QED) is 0.765. The van der Waals surface area contributed by atoms with E-state index in [1.54, 1.807) is 18.2 Å². The van der Waals surface area contributed by atoms with Crippen molar-refractivity contribution in [1.29, 1.82) is 0 Å². The number of benzene rings is 1. The standard InChI is InChI=1S/C14H16F3S.ClH/c1-3-4-5-12-9-11-8-10(2)6-7-13(11)18(12)14(15,16)17;/h6-9H,3-5H2,1-2H3;1H/q+1;/p-1. The first-order valence-corrected chi connectivity index (χ1v) is 7.28. The Balaban J connectivity index is 0.00000180. The molecular weight excluding hydrogens is 293 g/mol. The van der Waals surface area contributed by atoms with Crippen molar-refractivity contribution < 1.29 is 25.6 Å². The van der Waals surface area contributed by atoms with Gasteiger partial charge in [0.25, 0.3) is 0 Å². The number of fused-ring (bicyclic) bond motifs is 1. The predicted molar refractivity (Wildman–Crippen MR) is 71.1 cm³/mol. The SMILES string of the molecule is CCCCc1cc2cc(C)ccc2[s+]1C(F)(F)F.[Cl-]. The fourth-order valence-corrected chi connectivity index (χ4v) is 4.12. The fourth-order valence-electron chi connectivity index (χ4n) is 2.14. The Labute approximate surface area is 120 Å². The molecule has 0 aliphatic carbocycles. The molecule has 19 heavy (non-hydrogen) atoms. The highest BCUT2D eigenvalue weighted by molar-refractivity contribution is 7.38. The molecule has 1 unspecified atom stereocenters. The van der Waals surface area contributed by atoms with Crippen molar-refractivity contribution in [3.8, 4) is 0 Å². The lowest BCUT2D eigenvalue weighted by atomic mass is 10.1. The smallest absolute Gasteiger partial charge is 0.600 e. The minimum Gasteiger partial charge on any atom is -1.00 e. The van der Waals surface area contributed by atoms with Gasteiger partial charge in [0.2, 0.25) is 0 Å². The van der Waals surface area contributed by atoms with Gasteiger partial charge in [0.05, 0.1) is 10.5 Å². The third-order valence-electron chi connectivity index (χ3n) is 2.97. The minimum atomic E-state index is -4.15. The Morgan fingerprint density at radius 2 is 1.84 bits per heavy atom. The lowest BCUT2D eigenvalue weighted by Crippen LogP contribution is -3.00. The van der Waals surface area contributed by atoms with E-state index < -0.39 is 16.0 Å². The van der Waals surface area contributed by atoms with Gasteiger partial charge in [-0.25, -0.2) is 0 Å². The number of unbranched alkanes of at least 4 members (excludes halogenated alkanes) is 1. The number of hydrogen-bond donors (Lipinski definition) is 0. The van der Waals surface area contributed by atoms with E-state index in [4.69, 9.17) is 0 Å². The second-order valence-corrected chi connectivity index (χ2v) is 6.55. The summed E-state index contributed by atoms with van der Waals surface area (Å²) in [4.78, 5) is 0.546. The number of aryl methyl sites for hydroxylation is 2. The molecule has 0 aliphatic heterocycles. The van der Waals surface area contributed by atoms with Gasteiger partial charge in [-0.3, -0.25) is 0 Å². The zero-order chi connectivity index (χ0) is 13.3. The highest BCUT2D eigenvalue weighted by Gasteiger charge is 2.47. The molecule has 0 amide bonds. The summed E-state index contributed by atoms with van der Waals surface area (Å²) in [6, 6.07) is 6.99. The van der Waals surface area contributed by atoms with Crippen LogP contribution in [0.5, 0.6) is 0 Å². The van der Waals surface area contributed by atoms with Gasteiger partial charge in [0.15, 0.2) is 9.58 Å². The molecule has 0 saturated carbocycles. The first kappa shape index (κ1) is 16.3. The molecule has 1 atom stereocenters. The number of hydrogen-bond acceptors (Lipinski definition) is 0. The maximum Gasteiger partial charge on any atom is 0.600 e. The first-order valence-electron chi connectivity index (χ1n) is 6.06. The molecule has 0 fully saturated rings. The molecule has 2 aromatic rings. The summed E-state index contributed by atoms with van der Waals surface area (Å²) in [5, 5.41) is 0.752. The van der Waals surface area contributed by atoms with Gasteiger partial charge in [-0.1, -0.05) is 25.0 Å². The number of alkyl halides is 3. The Hall–Kier alpha value is -0.740. The summed E-state index contributed by atoms with van der Waals surface area (Å²) in [6.45, 7) is 3.91. The van der Waals surface area contributed by atoms with Crippen LogP contribution in [0, 0.1) is 6.92 Å². The van der Waals surface area contributed by atoms with Crippen LogP contribution in [-0.4, -0.2) is 0 Å². The third kappa shape index (κ3) is 3.42. The van der Waals surface area contributed by atoms with Crippen molar-refractivity contribution in [1.82, 2.24) is 0 Å². The molecule has 0 nitrogen and oxygen atoms in total. The highest BCUT2D eigenvalue weighted by Crippen LogP contribution is 2.51. The van der Waals surface area contributed by atoms with Gasteiger partial charge >= 0.3 is 5.51 Å². The van der Waals surface area contributed by atoms with Crippen LogP contribution in [0.1, 0.15) is 30.2 Å². The van der Waals surface area contributed by atoms with Crippen molar-refractivity contribution in [3.63, 3.8) is 0 Å². The van der Waals surface area contributed by atoms with E-state index in [1.165, 1.54) is 0 Å². The van der Waals surface area contributed by atoms with Crippen LogP contribution < -0.4 is 12.4 Å². The molecule has 1 aromatic carbocycles. The van der Waals surface area contributed by atoms with E-state index in [1.807, 2.05) is 19.9 Å². The third-order valence-corrected chi connectivity index (χ3v) is 5.09. The number of thiophene rings is 1. The highest BCUT2D eigenvalue weighted by atomic mass is 35.5. The van der Waals surface area contributed by atoms with Crippen molar-refractivity contribution >= 4 is 20.6 Å². The molecule has 1 aromatic heterocycles. The van der Waals surface area contributed by atoms with Crippen LogP contribution in [0.4, 0.5) is 13.2 Å². The van der Waals surface area contributed by atoms with E-state index >= 15 is 0 Å². The number of halogens is 4. The van der Waals surface area contributed by atoms with Crippen LogP contribution in [0.3, 0.4) is 0 Å². The van der Waals surface area contributed by atoms with E-state index in [0.29, 0.717) is 16.0 Å². The summed E-state index contributed by atoms with van der Waals surface area (Å²) < 4.78 is 40.0. The van der Waals surface area contributed by atoms with Gasteiger partial charge in [-0.2, -0.15) is 0 Å². The van der Waals surface area contributed by atoms with Crippen molar-refractivity contribution in [2.45, 2.75) is 38.6 Å². The Morgan fingerprint density at radius 1 is 1.16 bits per heavy atom. The van der Waals surface area contributed by atoms with Crippen molar-refractivity contribution in [2.24, 2.45) is 0 Å². The van der Waals surface area contributed by atoms with Crippen LogP contribution in [-0.2, 0) is 11.9 Å². The number of rotatable bonds is 3. The topological polar surface area (TPSA) is 0 Å². The fraction of sp³-hybridized carbons (Fsp3) is 0.429. The summed E-state index contributed by atoms with van der Waals surface area (Å²) in [5.74, 6) is 0. The van der Waals surface area contributed by atoms with Gasteiger partial charge in [-0.15, -0.1) is 13.2 Å². The normalized spacial score (nSPS) is 12.6. The summed E-state index contributed by atoms with van der Waals surface area (Å²) >= 11 is 0. The molecule has 0 saturated heterocycles. The minimum absolute atomic E-state index is 0. The maximum absolute atomic E-state index is 13.2. The molecule has 0 N–H and O–H groups in total. The Bertz CT molecular complexity index is 558. The Kier molecular flexibility index (Phi) is 5.27. The zero-order valence-corrected chi connectivity index (χ0v) is 12.4. The van der Waals surface area contributed by atoms with Crippen LogP contribution >= 0.6 is 10.5 Å². The van der Waals surface area contributed by atoms with Gasteiger partial charge in [-0.05, 0) is 25.5 Å². The largest absolute Gasteiger partial charge is 1.00 e. The van der Waals surface area contributed by atoms with E-state index in [0.717, 1.165) is 23.8 Å². The molecule has 5 heteroatoms. The van der Waals surface area contributed by atoms with Crippen LogP contribution in [0.15, 0.2) is 24.3 Å². The molecule has 0 bridgehead atoms. The molecule has 0 radical (unpaired) electrons. The summed E-state index contributed by atoms with van der Waals surface area (Å²) in [6.07, 6.45) is 2.28. The average Bonchev–Trinajstić information content (AvgIpc) is 2.63. The molecule has 0 spiro atoms. The first-order chi connectivity index (χ1) is 8.43. The zero-order valence-electron chi connectivity index (χ0n) is 10.9. The van der Waals surface area contributed by atoms with E-state index in [-0.39, 0.29) is 12.4 Å². The van der Waals surface area contributed by atoms with Crippen LogP contribution in [0.25, 0.3) is 10.1 Å². The second kappa shape index (κ2) is 6.14. The van der Waals surface area contributed by atoms with Crippen molar-refractivity contribution in [2.75, 3.05) is 0 Å². The lowest BCUT2D eigenvalue weighted by molar-refractivity contribution is -0.0867. The second-order valence-electron chi connectivity index (χ2n) is 4.51.